The highest BCUT2D eigenvalue weighted by atomic mass is 16.5. The summed E-state index contributed by atoms with van der Waals surface area (Å²) < 4.78 is 7.27. The Hall–Kier alpha value is -1.88. The second kappa shape index (κ2) is 6.33. The maximum absolute atomic E-state index is 5.19. The first kappa shape index (κ1) is 13.5. The molecule has 2 aromatic heterocycles. The quantitative estimate of drug-likeness (QED) is 0.867. The van der Waals surface area contributed by atoms with Crippen molar-refractivity contribution < 1.29 is 4.74 Å². The molecule has 0 fully saturated rings. The first-order chi connectivity index (χ1) is 9.22. The number of rotatable bonds is 6. The maximum Gasteiger partial charge on any atom is 0.203 e. The number of methoxy groups -OCH3 is 1. The largest absolute Gasteiger partial charge is 0.383 e. The molecule has 0 amide bonds. The van der Waals surface area contributed by atoms with Gasteiger partial charge in [-0.25, -0.2) is 4.98 Å². The second-order valence-corrected chi connectivity index (χ2v) is 4.61. The summed E-state index contributed by atoms with van der Waals surface area (Å²) in [6, 6.07) is 4.39. The summed E-state index contributed by atoms with van der Waals surface area (Å²) in [5.41, 5.74) is 1.14. The minimum Gasteiger partial charge on any atom is -0.383 e. The summed E-state index contributed by atoms with van der Waals surface area (Å²) in [6.45, 7) is 4.86. The van der Waals surface area contributed by atoms with Crippen LogP contribution in [-0.4, -0.2) is 28.3 Å². The van der Waals surface area contributed by atoms with E-state index in [4.69, 9.17) is 4.74 Å². The predicted molar refractivity (Wildman–Crippen MR) is 75.1 cm³/mol. The Balaban J connectivity index is 2.09. The normalized spacial score (nSPS) is 14.1. The van der Waals surface area contributed by atoms with E-state index in [1.54, 1.807) is 19.5 Å². The Labute approximate surface area is 113 Å². The van der Waals surface area contributed by atoms with Crippen LogP contribution in [0.4, 0.5) is 5.95 Å². The van der Waals surface area contributed by atoms with Crippen molar-refractivity contribution in [3.05, 3.63) is 42.5 Å². The van der Waals surface area contributed by atoms with Crippen molar-refractivity contribution in [2.24, 2.45) is 0 Å². The Bertz CT molecular complexity index is 497. The van der Waals surface area contributed by atoms with Gasteiger partial charge in [0.2, 0.25) is 5.95 Å². The molecule has 5 heteroatoms. The van der Waals surface area contributed by atoms with Gasteiger partial charge in [0, 0.05) is 31.9 Å². The Morgan fingerprint density at radius 1 is 1.37 bits per heavy atom. The standard InChI is InChI=1S/C14H20N4O/c1-11(10-19-3)18-8-7-16-14(18)17-12(2)13-5-4-6-15-9-13/h4-9,11-12H,10H2,1-3H3,(H,16,17). The monoisotopic (exact) mass is 260 g/mol. The van der Waals surface area contributed by atoms with Crippen molar-refractivity contribution in [2.45, 2.75) is 25.9 Å². The molecule has 0 aromatic carbocycles. The van der Waals surface area contributed by atoms with Gasteiger partial charge in [0.15, 0.2) is 0 Å². The topological polar surface area (TPSA) is 52.0 Å². The molecule has 0 aliphatic rings. The summed E-state index contributed by atoms with van der Waals surface area (Å²) in [6.07, 6.45) is 7.40. The lowest BCUT2D eigenvalue weighted by Gasteiger charge is -2.19. The van der Waals surface area contributed by atoms with Crippen LogP contribution in [0, 0.1) is 0 Å². The van der Waals surface area contributed by atoms with Crippen LogP contribution >= 0.6 is 0 Å². The number of pyridine rings is 1. The highest BCUT2D eigenvalue weighted by Crippen LogP contribution is 2.20. The van der Waals surface area contributed by atoms with Gasteiger partial charge in [-0.15, -0.1) is 0 Å². The Kier molecular flexibility index (Phi) is 4.52. The molecular weight excluding hydrogens is 240 g/mol. The molecule has 2 atom stereocenters. The van der Waals surface area contributed by atoms with Gasteiger partial charge in [-0.3, -0.25) is 4.98 Å². The van der Waals surface area contributed by atoms with Crippen LogP contribution in [0.5, 0.6) is 0 Å². The molecule has 2 heterocycles. The number of nitrogens with one attached hydrogen (secondary N) is 1. The highest BCUT2D eigenvalue weighted by molar-refractivity contribution is 5.32. The minimum absolute atomic E-state index is 0.157. The number of anilines is 1. The fraction of sp³-hybridized carbons (Fsp3) is 0.429. The van der Waals surface area contributed by atoms with Crippen molar-refractivity contribution in [3.8, 4) is 0 Å². The number of hydrogen-bond acceptors (Lipinski definition) is 4. The van der Waals surface area contributed by atoms with E-state index in [0.717, 1.165) is 11.5 Å². The van der Waals surface area contributed by atoms with E-state index >= 15 is 0 Å². The van der Waals surface area contributed by atoms with E-state index in [-0.39, 0.29) is 12.1 Å². The van der Waals surface area contributed by atoms with E-state index in [2.05, 4.69) is 39.8 Å². The molecule has 0 aliphatic carbocycles. The van der Waals surface area contributed by atoms with Gasteiger partial charge in [0.1, 0.15) is 0 Å². The molecule has 0 aliphatic heterocycles. The SMILES string of the molecule is COCC(C)n1ccnc1NC(C)c1cccnc1. The van der Waals surface area contributed by atoms with Gasteiger partial charge in [-0.05, 0) is 25.5 Å². The third kappa shape index (κ3) is 3.32. The van der Waals surface area contributed by atoms with Gasteiger partial charge >= 0.3 is 0 Å². The summed E-state index contributed by atoms with van der Waals surface area (Å²) in [7, 11) is 1.71. The number of imidazole rings is 1. The van der Waals surface area contributed by atoms with E-state index < -0.39 is 0 Å². The predicted octanol–water partition coefficient (Wildman–Crippen LogP) is 2.66. The first-order valence-electron chi connectivity index (χ1n) is 6.40. The van der Waals surface area contributed by atoms with E-state index in [9.17, 15) is 0 Å². The first-order valence-corrected chi connectivity index (χ1v) is 6.40. The summed E-state index contributed by atoms with van der Waals surface area (Å²) in [5, 5.41) is 3.40. The van der Waals surface area contributed by atoms with Crippen LogP contribution in [0.1, 0.15) is 31.5 Å². The lowest BCUT2D eigenvalue weighted by Crippen LogP contribution is -2.16. The molecule has 2 unspecified atom stereocenters. The molecule has 2 aromatic rings. The lowest BCUT2D eigenvalue weighted by molar-refractivity contribution is 0.163. The van der Waals surface area contributed by atoms with E-state index in [1.165, 1.54) is 0 Å². The van der Waals surface area contributed by atoms with Crippen LogP contribution in [0.3, 0.4) is 0 Å². The average molecular weight is 260 g/mol. The van der Waals surface area contributed by atoms with E-state index in [0.29, 0.717) is 6.61 Å². The van der Waals surface area contributed by atoms with Crippen LogP contribution in [0.15, 0.2) is 36.9 Å². The summed E-state index contributed by atoms with van der Waals surface area (Å²) in [4.78, 5) is 8.50. The number of nitrogens with zero attached hydrogens (tertiary/aromatic N) is 3. The van der Waals surface area contributed by atoms with Crippen molar-refractivity contribution in [1.82, 2.24) is 14.5 Å². The van der Waals surface area contributed by atoms with Crippen molar-refractivity contribution in [1.29, 1.82) is 0 Å². The number of hydrogen-bond donors (Lipinski definition) is 1. The van der Waals surface area contributed by atoms with E-state index in [1.807, 2.05) is 18.5 Å². The molecule has 0 radical (unpaired) electrons. The molecule has 19 heavy (non-hydrogen) atoms. The number of ether oxygens (including phenoxy) is 1. The van der Waals surface area contributed by atoms with Crippen LogP contribution in [0.2, 0.25) is 0 Å². The third-order valence-corrected chi connectivity index (χ3v) is 3.08. The zero-order chi connectivity index (χ0) is 13.7. The number of aromatic nitrogens is 3. The third-order valence-electron chi connectivity index (χ3n) is 3.08. The molecule has 0 saturated carbocycles. The van der Waals surface area contributed by atoms with Crippen molar-refractivity contribution >= 4 is 5.95 Å². The van der Waals surface area contributed by atoms with Crippen molar-refractivity contribution in [2.75, 3.05) is 19.0 Å². The molecule has 0 saturated heterocycles. The van der Waals surface area contributed by atoms with Gasteiger partial charge in [0.25, 0.3) is 0 Å². The fourth-order valence-corrected chi connectivity index (χ4v) is 2.01. The molecule has 5 nitrogen and oxygen atoms in total. The smallest absolute Gasteiger partial charge is 0.203 e. The zero-order valence-corrected chi connectivity index (χ0v) is 11.6. The molecule has 0 spiro atoms. The van der Waals surface area contributed by atoms with Gasteiger partial charge in [-0.2, -0.15) is 0 Å². The Morgan fingerprint density at radius 3 is 2.89 bits per heavy atom. The second-order valence-electron chi connectivity index (χ2n) is 4.61. The maximum atomic E-state index is 5.19. The Morgan fingerprint density at radius 2 is 2.21 bits per heavy atom. The summed E-state index contributed by atoms with van der Waals surface area (Å²) >= 11 is 0. The summed E-state index contributed by atoms with van der Waals surface area (Å²) in [5.74, 6) is 0.848. The van der Waals surface area contributed by atoms with Crippen LogP contribution in [0.25, 0.3) is 0 Å². The molecule has 0 bridgehead atoms. The van der Waals surface area contributed by atoms with Gasteiger partial charge in [0.05, 0.1) is 18.7 Å². The minimum atomic E-state index is 0.157. The van der Waals surface area contributed by atoms with Crippen LogP contribution in [-0.2, 0) is 4.74 Å². The van der Waals surface area contributed by atoms with Crippen molar-refractivity contribution in [3.63, 3.8) is 0 Å². The van der Waals surface area contributed by atoms with Gasteiger partial charge in [-0.1, -0.05) is 6.07 Å². The van der Waals surface area contributed by atoms with Gasteiger partial charge < -0.3 is 14.6 Å². The van der Waals surface area contributed by atoms with Crippen LogP contribution < -0.4 is 5.32 Å². The lowest BCUT2D eigenvalue weighted by atomic mass is 10.1. The molecule has 1 N–H and O–H groups in total. The highest BCUT2D eigenvalue weighted by Gasteiger charge is 2.12. The fourth-order valence-electron chi connectivity index (χ4n) is 2.01. The average Bonchev–Trinajstić information content (AvgIpc) is 2.88. The molecule has 2 rings (SSSR count). The zero-order valence-electron chi connectivity index (χ0n) is 11.6. The molecule has 102 valence electrons. The molecular formula is C14H20N4O.